The number of benzene rings is 1. The van der Waals surface area contributed by atoms with Crippen molar-refractivity contribution in [3.05, 3.63) is 29.3 Å². The number of ether oxygens (including phenoxy) is 1. The average Bonchev–Trinajstić information content (AvgIpc) is 2.27. The Labute approximate surface area is 106 Å². The molecule has 1 aromatic rings. The lowest BCUT2D eigenvalue weighted by Gasteiger charge is -2.07. The molecule has 0 heterocycles. The lowest BCUT2D eigenvalue weighted by atomic mass is 9.95. The molecule has 0 aliphatic rings. The summed E-state index contributed by atoms with van der Waals surface area (Å²) in [5.41, 5.74) is 6.62. The van der Waals surface area contributed by atoms with Crippen molar-refractivity contribution in [1.82, 2.24) is 0 Å². The van der Waals surface area contributed by atoms with Gasteiger partial charge in [0.25, 0.3) is 10.1 Å². The molecule has 0 atom stereocenters. The molecular formula is C10H12BNO5S. The molecule has 0 bridgehead atoms. The highest BCUT2D eigenvalue weighted by molar-refractivity contribution is 7.85. The van der Waals surface area contributed by atoms with Crippen LogP contribution >= 0.6 is 0 Å². The van der Waals surface area contributed by atoms with Crippen LogP contribution in [0.4, 0.5) is 5.69 Å². The topological polar surface area (TPSA) is 107 Å². The quantitative estimate of drug-likeness (QED) is 0.337. The SMILES string of the molecule is [B]Cc1ccc(N)c(C(=O)OCCS(=O)(=O)O)c1. The molecular weight excluding hydrogens is 257 g/mol. The van der Waals surface area contributed by atoms with Crippen molar-refractivity contribution >= 4 is 29.6 Å². The first kappa shape index (κ1) is 14.5. The molecule has 0 saturated carbocycles. The Kier molecular flexibility index (Phi) is 4.74. The van der Waals surface area contributed by atoms with Gasteiger partial charge in [0.1, 0.15) is 12.4 Å². The van der Waals surface area contributed by atoms with E-state index in [1.807, 2.05) is 0 Å². The van der Waals surface area contributed by atoms with Gasteiger partial charge < -0.3 is 10.5 Å². The van der Waals surface area contributed by atoms with E-state index in [9.17, 15) is 13.2 Å². The van der Waals surface area contributed by atoms with Gasteiger partial charge in [0, 0.05) is 5.69 Å². The third-order valence-corrected chi connectivity index (χ3v) is 2.83. The van der Waals surface area contributed by atoms with Crippen molar-refractivity contribution in [2.75, 3.05) is 18.1 Å². The van der Waals surface area contributed by atoms with Crippen LogP contribution in [-0.4, -0.2) is 39.1 Å². The molecule has 6 nitrogen and oxygen atoms in total. The molecule has 0 aliphatic heterocycles. The van der Waals surface area contributed by atoms with Crippen molar-refractivity contribution in [2.24, 2.45) is 0 Å². The first-order valence-electron chi connectivity index (χ1n) is 5.04. The zero-order valence-electron chi connectivity index (χ0n) is 9.50. The Hall–Kier alpha value is -1.54. The normalized spacial score (nSPS) is 11.2. The highest BCUT2D eigenvalue weighted by atomic mass is 32.2. The molecule has 1 aromatic carbocycles. The van der Waals surface area contributed by atoms with Crippen LogP contribution in [0.1, 0.15) is 15.9 Å². The summed E-state index contributed by atoms with van der Waals surface area (Å²) >= 11 is 0. The van der Waals surface area contributed by atoms with Gasteiger partial charge in [-0.25, -0.2) is 4.79 Å². The lowest BCUT2D eigenvalue weighted by Crippen LogP contribution is -2.15. The highest BCUT2D eigenvalue weighted by Crippen LogP contribution is 2.15. The van der Waals surface area contributed by atoms with Crippen LogP contribution in [0.5, 0.6) is 0 Å². The molecule has 3 N–H and O–H groups in total. The maximum Gasteiger partial charge on any atom is 0.340 e. The Morgan fingerprint density at radius 3 is 2.67 bits per heavy atom. The lowest BCUT2D eigenvalue weighted by molar-refractivity contribution is 0.0529. The van der Waals surface area contributed by atoms with Crippen molar-refractivity contribution in [2.45, 2.75) is 6.32 Å². The maximum absolute atomic E-state index is 11.6. The molecule has 96 valence electrons. The van der Waals surface area contributed by atoms with E-state index in [1.54, 1.807) is 6.07 Å². The van der Waals surface area contributed by atoms with E-state index in [1.165, 1.54) is 12.1 Å². The molecule has 0 aliphatic carbocycles. The number of carbonyl (C=O) groups excluding carboxylic acids is 1. The summed E-state index contributed by atoms with van der Waals surface area (Å²) < 4.78 is 34.0. The molecule has 8 heteroatoms. The summed E-state index contributed by atoms with van der Waals surface area (Å²) in [6, 6.07) is 4.66. The van der Waals surface area contributed by atoms with E-state index < -0.39 is 28.4 Å². The van der Waals surface area contributed by atoms with Crippen LogP contribution in [0.25, 0.3) is 0 Å². The second-order valence-corrected chi connectivity index (χ2v) is 5.12. The number of nitrogens with two attached hydrogens (primary N) is 1. The smallest absolute Gasteiger partial charge is 0.340 e. The second-order valence-electron chi connectivity index (χ2n) is 3.55. The second kappa shape index (κ2) is 5.88. The summed E-state index contributed by atoms with van der Waals surface area (Å²) in [5.74, 6) is -1.42. The Balaban J connectivity index is 2.72. The van der Waals surface area contributed by atoms with Gasteiger partial charge in [0.15, 0.2) is 0 Å². The van der Waals surface area contributed by atoms with Gasteiger partial charge >= 0.3 is 5.97 Å². The predicted octanol–water partition coefficient (Wildman–Crippen LogP) is -0.0181. The molecule has 0 amide bonds. The van der Waals surface area contributed by atoms with Crippen LogP contribution in [0, 0.1) is 0 Å². The fourth-order valence-corrected chi connectivity index (χ4v) is 1.52. The number of anilines is 1. The van der Waals surface area contributed by atoms with Gasteiger partial charge in [-0.05, 0) is 12.1 Å². The first-order chi connectivity index (χ1) is 8.33. The standard InChI is InChI=1S/C10H12BNO5S/c11-6-7-1-2-9(12)8(5-7)10(13)17-3-4-18(14,15)16/h1-2,5H,3-4,6,12H2,(H,14,15,16). The van der Waals surface area contributed by atoms with Crippen LogP contribution in [0.3, 0.4) is 0 Å². The molecule has 18 heavy (non-hydrogen) atoms. The van der Waals surface area contributed by atoms with E-state index in [0.717, 1.165) is 0 Å². The number of rotatable bonds is 5. The number of esters is 1. The molecule has 0 aromatic heterocycles. The van der Waals surface area contributed by atoms with E-state index >= 15 is 0 Å². The van der Waals surface area contributed by atoms with E-state index in [0.29, 0.717) is 5.56 Å². The number of carbonyl (C=O) groups is 1. The van der Waals surface area contributed by atoms with Crippen molar-refractivity contribution in [1.29, 1.82) is 0 Å². The Morgan fingerprint density at radius 2 is 2.11 bits per heavy atom. The minimum Gasteiger partial charge on any atom is -0.461 e. The molecule has 0 unspecified atom stereocenters. The first-order valence-corrected chi connectivity index (χ1v) is 6.65. The largest absolute Gasteiger partial charge is 0.461 e. The van der Waals surface area contributed by atoms with Crippen molar-refractivity contribution in [3.63, 3.8) is 0 Å². The Morgan fingerprint density at radius 1 is 1.44 bits per heavy atom. The predicted molar refractivity (Wildman–Crippen MR) is 67.0 cm³/mol. The van der Waals surface area contributed by atoms with Gasteiger partial charge in [-0.2, -0.15) is 8.42 Å². The molecule has 0 saturated heterocycles. The average molecular weight is 269 g/mol. The molecule has 2 radical (unpaired) electrons. The maximum atomic E-state index is 11.6. The van der Waals surface area contributed by atoms with Gasteiger partial charge in [0.05, 0.1) is 13.4 Å². The number of hydrogen-bond acceptors (Lipinski definition) is 5. The number of hydrogen-bond donors (Lipinski definition) is 2. The zero-order valence-corrected chi connectivity index (χ0v) is 10.3. The monoisotopic (exact) mass is 269 g/mol. The molecule has 0 spiro atoms. The Bertz CT molecular complexity index is 543. The fraction of sp³-hybridized carbons (Fsp3) is 0.300. The third kappa shape index (κ3) is 4.38. The molecule has 1 rings (SSSR count). The summed E-state index contributed by atoms with van der Waals surface area (Å²) in [7, 11) is 1.27. The van der Waals surface area contributed by atoms with Crippen LogP contribution in [0.2, 0.25) is 0 Å². The van der Waals surface area contributed by atoms with Crippen LogP contribution < -0.4 is 5.73 Å². The minimum absolute atomic E-state index is 0.119. The van der Waals surface area contributed by atoms with Gasteiger partial charge in [-0.3, -0.25) is 4.55 Å². The third-order valence-electron chi connectivity index (χ3n) is 2.15. The highest BCUT2D eigenvalue weighted by Gasteiger charge is 2.13. The summed E-state index contributed by atoms with van der Waals surface area (Å²) in [6.45, 7) is -0.441. The van der Waals surface area contributed by atoms with E-state index in [2.05, 4.69) is 4.74 Å². The van der Waals surface area contributed by atoms with Gasteiger partial charge in [-0.1, -0.05) is 17.9 Å². The number of nitrogen functional groups attached to an aromatic ring is 1. The fourth-order valence-electron chi connectivity index (χ4n) is 1.22. The molecule has 0 fully saturated rings. The van der Waals surface area contributed by atoms with Crippen LogP contribution in [-0.2, 0) is 21.2 Å². The minimum atomic E-state index is -4.15. The van der Waals surface area contributed by atoms with Gasteiger partial charge in [0.2, 0.25) is 0 Å². The van der Waals surface area contributed by atoms with Crippen LogP contribution in [0.15, 0.2) is 18.2 Å². The summed E-state index contributed by atoms with van der Waals surface area (Å²) in [5, 5.41) is 0. The zero-order chi connectivity index (χ0) is 13.8. The van der Waals surface area contributed by atoms with Crippen molar-refractivity contribution in [3.8, 4) is 0 Å². The van der Waals surface area contributed by atoms with Gasteiger partial charge in [-0.15, -0.1) is 0 Å². The van der Waals surface area contributed by atoms with E-state index in [4.69, 9.17) is 18.1 Å². The summed E-state index contributed by atoms with van der Waals surface area (Å²) in [6.07, 6.45) is 0.242. The summed E-state index contributed by atoms with van der Waals surface area (Å²) in [4.78, 5) is 11.6. The van der Waals surface area contributed by atoms with Crippen molar-refractivity contribution < 1.29 is 22.5 Å². The van der Waals surface area contributed by atoms with E-state index in [-0.39, 0.29) is 17.6 Å².